The molecule has 0 fully saturated rings. The number of anilines is 1. The van der Waals surface area contributed by atoms with Crippen molar-refractivity contribution in [2.45, 2.75) is 6.54 Å². The van der Waals surface area contributed by atoms with E-state index < -0.39 is 10.7 Å². The third-order valence-electron chi connectivity index (χ3n) is 4.27. The van der Waals surface area contributed by atoms with Crippen LogP contribution in [-0.2, 0) is 6.54 Å². The summed E-state index contributed by atoms with van der Waals surface area (Å²) < 4.78 is 16.4. The lowest BCUT2D eigenvalue weighted by atomic mass is 10.2. The number of hydrogen-bond acceptors (Lipinski definition) is 6. The van der Waals surface area contributed by atoms with E-state index in [1.807, 2.05) is 0 Å². The second-order valence-electron chi connectivity index (χ2n) is 6.11. The van der Waals surface area contributed by atoms with Crippen LogP contribution in [0.15, 0.2) is 60.9 Å². The number of thiazole rings is 1. The summed E-state index contributed by atoms with van der Waals surface area (Å²) in [5.74, 6) is -0.841. The quantitative estimate of drug-likeness (QED) is 0.354. The molecule has 10 heteroatoms. The van der Waals surface area contributed by atoms with Crippen molar-refractivity contribution in [3.05, 3.63) is 82.4 Å². The predicted octanol–water partition coefficient (Wildman–Crippen LogP) is 3.89. The Morgan fingerprint density at radius 1 is 1.21 bits per heavy atom. The highest BCUT2D eigenvalue weighted by molar-refractivity contribution is 7.22. The molecule has 8 nitrogen and oxygen atoms in total. The number of fused-ring (bicyclic) bond motifs is 1. The molecule has 2 aromatic heterocycles. The highest BCUT2D eigenvalue weighted by Crippen LogP contribution is 2.31. The fraction of sp³-hybridized carbons (Fsp3) is 0.105. The van der Waals surface area contributed by atoms with Crippen molar-refractivity contribution in [3.63, 3.8) is 0 Å². The van der Waals surface area contributed by atoms with Crippen molar-refractivity contribution >= 4 is 38.3 Å². The smallest absolute Gasteiger partial charge is 0.269 e. The summed E-state index contributed by atoms with van der Waals surface area (Å²) in [4.78, 5) is 29.2. The Morgan fingerprint density at radius 2 is 2.00 bits per heavy atom. The minimum absolute atomic E-state index is 0.105. The minimum atomic E-state index is -0.528. The van der Waals surface area contributed by atoms with E-state index in [1.54, 1.807) is 35.3 Å². The summed E-state index contributed by atoms with van der Waals surface area (Å²) >= 11 is 1.20. The van der Waals surface area contributed by atoms with E-state index in [0.717, 1.165) is 0 Å². The normalized spacial score (nSPS) is 10.9. The topological polar surface area (TPSA) is 94.2 Å². The number of para-hydroxylation sites is 1. The molecule has 0 aliphatic heterocycles. The van der Waals surface area contributed by atoms with Crippen LogP contribution in [0.25, 0.3) is 10.2 Å². The van der Waals surface area contributed by atoms with Crippen LogP contribution in [0.4, 0.5) is 15.2 Å². The van der Waals surface area contributed by atoms with Crippen molar-refractivity contribution < 1.29 is 14.1 Å². The van der Waals surface area contributed by atoms with Gasteiger partial charge in [-0.1, -0.05) is 17.4 Å². The van der Waals surface area contributed by atoms with Gasteiger partial charge in [0.1, 0.15) is 11.3 Å². The number of aromatic nitrogens is 3. The number of hydrogen-bond donors (Lipinski definition) is 0. The van der Waals surface area contributed by atoms with Gasteiger partial charge < -0.3 is 0 Å². The maximum absolute atomic E-state index is 14.1. The van der Waals surface area contributed by atoms with Crippen LogP contribution in [0.1, 0.15) is 10.4 Å². The van der Waals surface area contributed by atoms with Gasteiger partial charge in [0.05, 0.1) is 16.2 Å². The van der Waals surface area contributed by atoms with Gasteiger partial charge in [-0.05, 0) is 30.3 Å². The fourth-order valence-electron chi connectivity index (χ4n) is 2.82. The highest BCUT2D eigenvalue weighted by Gasteiger charge is 2.23. The van der Waals surface area contributed by atoms with E-state index in [1.165, 1.54) is 46.6 Å². The highest BCUT2D eigenvalue weighted by atomic mass is 32.1. The number of nitro groups is 1. The van der Waals surface area contributed by atoms with Crippen LogP contribution in [-0.4, -0.2) is 32.1 Å². The number of amides is 1. The first-order chi connectivity index (χ1) is 14.0. The summed E-state index contributed by atoms with van der Waals surface area (Å²) in [5, 5.41) is 15.3. The molecule has 0 bridgehead atoms. The third kappa shape index (κ3) is 3.83. The van der Waals surface area contributed by atoms with Crippen LogP contribution in [0.2, 0.25) is 0 Å². The van der Waals surface area contributed by atoms with Gasteiger partial charge in [0, 0.05) is 36.6 Å². The molecule has 0 aliphatic rings. The lowest BCUT2D eigenvalue weighted by molar-refractivity contribution is -0.384. The zero-order valence-corrected chi connectivity index (χ0v) is 15.8. The predicted molar refractivity (Wildman–Crippen MR) is 107 cm³/mol. The number of nitrogens with zero attached hydrogens (tertiary/aromatic N) is 5. The van der Waals surface area contributed by atoms with Gasteiger partial charge in [-0.2, -0.15) is 5.10 Å². The molecule has 0 unspecified atom stereocenters. The first-order valence-corrected chi connectivity index (χ1v) is 9.43. The molecule has 0 spiro atoms. The Balaban J connectivity index is 1.69. The Bertz CT molecular complexity index is 1170. The SMILES string of the molecule is O=C(c1ccc([N+](=O)[O-])cc1)N(CCn1cccn1)c1nc2c(F)cccc2s1. The summed E-state index contributed by atoms with van der Waals surface area (Å²) in [5.41, 5.74) is 0.371. The van der Waals surface area contributed by atoms with Crippen molar-refractivity contribution in [1.29, 1.82) is 0 Å². The van der Waals surface area contributed by atoms with Crippen LogP contribution in [0.5, 0.6) is 0 Å². The number of nitro benzene ring substituents is 1. The molecule has 4 aromatic rings. The number of rotatable bonds is 6. The zero-order chi connectivity index (χ0) is 20.4. The van der Waals surface area contributed by atoms with Gasteiger partial charge in [-0.3, -0.25) is 24.5 Å². The summed E-state index contributed by atoms with van der Waals surface area (Å²) in [7, 11) is 0. The molecule has 0 atom stereocenters. The number of carbonyl (C=O) groups excluding carboxylic acids is 1. The van der Waals surface area contributed by atoms with E-state index in [2.05, 4.69) is 10.1 Å². The fourth-order valence-corrected chi connectivity index (χ4v) is 3.82. The standard InChI is InChI=1S/C19H14FN5O3S/c20-15-3-1-4-16-17(15)22-19(29-16)24(12-11-23-10-2-9-21-23)18(26)13-5-7-14(8-6-13)25(27)28/h1-10H,11-12H2. The largest absolute Gasteiger partial charge is 0.282 e. The Morgan fingerprint density at radius 3 is 2.66 bits per heavy atom. The Labute approximate surface area is 168 Å². The molecular formula is C19H14FN5O3S. The summed E-state index contributed by atoms with van der Waals surface area (Å²) in [6.07, 6.45) is 3.40. The van der Waals surface area contributed by atoms with Gasteiger partial charge in [-0.15, -0.1) is 0 Å². The minimum Gasteiger partial charge on any atom is -0.282 e. The molecular weight excluding hydrogens is 397 g/mol. The molecule has 4 rings (SSSR count). The average Bonchev–Trinajstić information content (AvgIpc) is 3.38. The summed E-state index contributed by atoms with van der Waals surface area (Å²) in [6, 6.07) is 11.8. The maximum Gasteiger partial charge on any atom is 0.269 e. The van der Waals surface area contributed by atoms with Gasteiger partial charge in [0.25, 0.3) is 11.6 Å². The van der Waals surface area contributed by atoms with Gasteiger partial charge >= 0.3 is 0 Å². The molecule has 0 N–H and O–H groups in total. The molecule has 2 aromatic carbocycles. The first-order valence-electron chi connectivity index (χ1n) is 8.62. The second kappa shape index (κ2) is 7.76. The molecule has 0 radical (unpaired) electrons. The van der Waals surface area contributed by atoms with E-state index in [-0.39, 0.29) is 29.2 Å². The van der Waals surface area contributed by atoms with E-state index in [0.29, 0.717) is 16.4 Å². The molecule has 2 heterocycles. The summed E-state index contributed by atoms with van der Waals surface area (Å²) in [6.45, 7) is 0.656. The second-order valence-corrected chi connectivity index (χ2v) is 7.12. The van der Waals surface area contributed by atoms with Crippen LogP contribution in [0, 0.1) is 15.9 Å². The molecule has 0 saturated heterocycles. The van der Waals surface area contributed by atoms with Crippen LogP contribution in [0.3, 0.4) is 0 Å². The van der Waals surface area contributed by atoms with Gasteiger partial charge in [-0.25, -0.2) is 9.37 Å². The Hall–Kier alpha value is -3.66. The molecule has 1 amide bonds. The van der Waals surface area contributed by atoms with E-state index in [9.17, 15) is 19.3 Å². The number of non-ortho nitro benzene ring substituents is 1. The zero-order valence-electron chi connectivity index (χ0n) is 14.9. The van der Waals surface area contributed by atoms with Gasteiger partial charge in [0.15, 0.2) is 5.13 Å². The van der Waals surface area contributed by atoms with Crippen molar-refractivity contribution in [2.75, 3.05) is 11.4 Å². The van der Waals surface area contributed by atoms with Crippen molar-refractivity contribution in [1.82, 2.24) is 14.8 Å². The lowest BCUT2D eigenvalue weighted by Gasteiger charge is -2.20. The Kier molecular flexibility index (Phi) is 5.00. The monoisotopic (exact) mass is 411 g/mol. The average molecular weight is 411 g/mol. The molecule has 146 valence electrons. The number of halogens is 1. The van der Waals surface area contributed by atoms with Crippen LogP contribution >= 0.6 is 11.3 Å². The molecule has 29 heavy (non-hydrogen) atoms. The van der Waals surface area contributed by atoms with E-state index >= 15 is 0 Å². The third-order valence-corrected chi connectivity index (χ3v) is 5.32. The number of carbonyl (C=O) groups is 1. The first kappa shape index (κ1) is 18.7. The van der Waals surface area contributed by atoms with Crippen LogP contribution < -0.4 is 4.90 Å². The number of benzene rings is 2. The van der Waals surface area contributed by atoms with Crippen molar-refractivity contribution in [3.8, 4) is 0 Å². The van der Waals surface area contributed by atoms with Gasteiger partial charge in [0.2, 0.25) is 0 Å². The molecule has 0 aliphatic carbocycles. The van der Waals surface area contributed by atoms with E-state index in [4.69, 9.17) is 0 Å². The molecule has 0 saturated carbocycles. The lowest BCUT2D eigenvalue weighted by Crippen LogP contribution is -2.34. The van der Waals surface area contributed by atoms with Crippen molar-refractivity contribution in [2.24, 2.45) is 0 Å². The maximum atomic E-state index is 14.1.